The average molecular weight is 337 g/mol. The lowest BCUT2D eigenvalue weighted by atomic mass is 9.91. The monoisotopic (exact) mass is 336 g/mol. The number of benzene rings is 2. The van der Waals surface area contributed by atoms with Crippen LogP contribution in [0.25, 0.3) is 6.08 Å². The van der Waals surface area contributed by atoms with Crippen LogP contribution < -0.4 is 0 Å². The summed E-state index contributed by atoms with van der Waals surface area (Å²) < 4.78 is 0. The molecule has 2 aromatic carbocycles. The summed E-state index contributed by atoms with van der Waals surface area (Å²) in [7, 11) is 0. The molecule has 0 unspecified atom stereocenters. The average Bonchev–Trinajstić information content (AvgIpc) is 2.61. The Labute approximate surface area is 152 Å². The fourth-order valence-corrected chi connectivity index (χ4v) is 3.43. The molecule has 2 rings (SSSR count). The molecule has 0 bridgehead atoms. The van der Waals surface area contributed by atoms with Gasteiger partial charge in [0.2, 0.25) is 0 Å². The van der Waals surface area contributed by atoms with Crippen molar-refractivity contribution in [2.24, 2.45) is 0 Å². The van der Waals surface area contributed by atoms with Crippen molar-refractivity contribution < 1.29 is 0 Å². The van der Waals surface area contributed by atoms with Gasteiger partial charge in [-0.05, 0) is 53.2 Å². The molecule has 0 N–H and O–H groups in total. The molecule has 0 saturated heterocycles. The second kappa shape index (κ2) is 9.54. The first-order valence-electron chi connectivity index (χ1n) is 9.11. The summed E-state index contributed by atoms with van der Waals surface area (Å²) in [5.74, 6) is 0. The highest BCUT2D eigenvalue weighted by Gasteiger charge is 2.08. The third-order valence-electron chi connectivity index (χ3n) is 4.33. The predicted octanol–water partition coefficient (Wildman–Crippen LogP) is 6.59. The van der Waals surface area contributed by atoms with Gasteiger partial charge >= 0.3 is 0 Å². The van der Waals surface area contributed by atoms with Crippen molar-refractivity contribution in [2.75, 3.05) is 0 Å². The van der Waals surface area contributed by atoms with Crippen molar-refractivity contribution in [3.05, 3.63) is 76.4 Å². The molecule has 126 valence electrons. The van der Waals surface area contributed by atoms with E-state index in [1.807, 2.05) is 18.2 Å². The molecule has 24 heavy (non-hydrogen) atoms. The number of allylic oxidation sites excluding steroid dienone is 1. The maximum Gasteiger partial charge on any atom is 0.0449 e. The molecule has 0 aliphatic heterocycles. The molecule has 0 nitrogen and oxygen atoms in total. The summed E-state index contributed by atoms with van der Waals surface area (Å²) in [5.41, 5.74) is 6.96. The number of aryl methyl sites for hydroxylation is 2. The zero-order valence-electron chi connectivity index (χ0n) is 15.1. The maximum atomic E-state index is 5.55. The molecule has 0 aromatic heterocycles. The Morgan fingerprint density at radius 1 is 0.917 bits per heavy atom. The summed E-state index contributed by atoms with van der Waals surface area (Å²) in [6, 6.07) is 14.9. The van der Waals surface area contributed by atoms with Crippen LogP contribution in [0.15, 0.2) is 48.5 Å². The minimum absolute atomic E-state index is 0.893. The molecular weight excluding hydrogens is 308 g/mol. The third kappa shape index (κ3) is 4.88. The standard InChI is InChI=1S/C23H28S/c1-4-10-20-16-18(17-21(11-5-2)22(20)6-3)14-15-23(24)19-12-8-7-9-13-19/h7-9,12-17H,4-6,10-11H2,1-3H3. The van der Waals surface area contributed by atoms with Gasteiger partial charge in [-0.3, -0.25) is 0 Å². The zero-order valence-corrected chi connectivity index (χ0v) is 16.0. The lowest BCUT2D eigenvalue weighted by molar-refractivity contribution is 0.860. The van der Waals surface area contributed by atoms with E-state index in [9.17, 15) is 0 Å². The zero-order chi connectivity index (χ0) is 17.4. The van der Waals surface area contributed by atoms with E-state index in [2.05, 4.69) is 57.2 Å². The molecule has 1 heteroatoms. The highest BCUT2D eigenvalue weighted by molar-refractivity contribution is 7.81. The molecule has 0 atom stereocenters. The quantitative estimate of drug-likeness (QED) is 0.298. The van der Waals surface area contributed by atoms with Crippen LogP contribution in [0.2, 0.25) is 0 Å². The van der Waals surface area contributed by atoms with Crippen LogP contribution in [-0.2, 0) is 19.3 Å². The smallest absolute Gasteiger partial charge is 0.0449 e. The van der Waals surface area contributed by atoms with Crippen molar-refractivity contribution in [1.82, 2.24) is 0 Å². The topological polar surface area (TPSA) is 0 Å². The largest absolute Gasteiger partial charge is 0.0795 e. The molecule has 0 aliphatic carbocycles. The Hall–Kier alpha value is -1.73. The van der Waals surface area contributed by atoms with Gasteiger partial charge in [-0.1, -0.05) is 94.4 Å². The Bertz CT molecular complexity index is 668. The van der Waals surface area contributed by atoms with Crippen molar-refractivity contribution in [3.63, 3.8) is 0 Å². The molecule has 0 spiro atoms. The number of hydrogen-bond donors (Lipinski definition) is 0. The number of rotatable bonds is 8. The highest BCUT2D eigenvalue weighted by atomic mass is 32.1. The minimum Gasteiger partial charge on any atom is -0.0795 e. The second-order valence-corrected chi connectivity index (χ2v) is 6.67. The molecule has 0 fully saturated rings. The molecule has 0 heterocycles. The fourth-order valence-electron chi connectivity index (χ4n) is 3.23. The van der Waals surface area contributed by atoms with E-state index >= 15 is 0 Å². The van der Waals surface area contributed by atoms with Crippen LogP contribution in [-0.4, -0.2) is 4.86 Å². The summed E-state index contributed by atoms with van der Waals surface area (Å²) in [4.78, 5) is 0.893. The first kappa shape index (κ1) is 18.6. The van der Waals surface area contributed by atoms with Crippen LogP contribution in [0, 0.1) is 0 Å². The van der Waals surface area contributed by atoms with Crippen molar-refractivity contribution >= 4 is 23.2 Å². The summed E-state index contributed by atoms with van der Waals surface area (Å²) in [6.45, 7) is 6.78. The SMILES string of the molecule is CCCc1cc(C=CC(=S)c2ccccc2)cc(CCC)c1CC. The molecule has 2 aromatic rings. The van der Waals surface area contributed by atoms with Gasteiger partial charge in [0.05, 0.1) is 0 Å². The van der Waals surface area contributed by atoms with Gasteiger partial charge in [0.1, 0.15) is 0 Å². The summed E-state index contributed by atoms with van der Waals surface area (Å²) >= 11 is 5.55. The molecule has 0 radical (unpaired) electrons. The van der Waals surface area contributed by atoms with Gasteiger partial charge in [0, 0.05) is 4.86 Å². The first-order chi connectivity index (χ1) is 11.7. The fraction of sp³-hybridized carbons (Fsp3) is 0.348. The van der Waals surface area contributed by atoms with Crippen LogP contribution >= 0.6 is 12.2 Å². The van der Waals surface area contributed by atoms with E-state index in [4.69, 9.17) is 12.2 Å². The third-order valence-corrected chi connectivity index (χ3v) is 4.71. The summed E-state index contributed by atoms with van der Waals surface area (Å²) in [6.07, 6.45) is 10.1. The maximum absolute atomic E-state index is 5.55. The lowest BCUT2D eigenvalue weighted by Crippen LogP contribution is -2.01. The molecular formula is C23H28S. The second-order valence-electron chi connectivity index (χ2n) is 6.23. The van der Waals surface area contributed by atoms with Crippen LogP contribution in [0.4, 0.5) is 0 Å². The first-order valence-corrected chi connectivity index (χ1v) is 9.52. The van der Waals surface area contributed by atoms with E-state index in [-0.39, 0.29) is 0 Å². The normalized spacial score (nSPS) is 11.1. The van der Waals surface area contributed by atoms with Crippen LogP contribution in [0.5, 0.6) is 0 Å². The minimum atomic E-state index is 0.893. The Morgan fingerprint density at radius 2 is 1.50 bits per heavy atom. The van der Waals surface area contributed by atoms with Crippen molar-refractivity contribution in [2.45, 2.75) is 52.9 Å². The van der Waals surface area contributed by atoms with Crippen molar-refractivity contribution in [1.29, 1.82) is 0 Å². The Morgan fingerprint density at radius 3 is 2.00 bits per heavy atom. The van der Waals surface area contributed by atoms with Gasteiger partial charge in [-0.25, -0.2) is 0 Å². The highest BCUT2D eigenvalue weighted by Crippen LogP contribution is 2.23. The predicted molar refractivity (Wildman–Crippen MR) is 111 cm³/mol. The van der Waals surface area contributed by atoms with Crippen LogP contribution in [0.1, 0.15) is 61.4 Å². The van der Waals surface area contributed by atoms with Crippen LogP contribution in [0.3, 0.4) is 0 Å². The van der Waals surface area contributed by atoms with Gasteiger partial charge in [0.25, 0.3) is 0 Å². The van der Waals surface area contributed by atoms with Gasteiger partial charge in [0.15, 0.2) is 0 Å². The van der Waals surface area contributed by atoms with E-state index < -0.39 is 0 Å². The summed E-state index contributed by atoms with van der Waals surface area (Å²) in [5, 5.41) is 0. The van der Waals surface area contributed by atoms with E-state index in [1.54, 1.807) is 5.56 Å². The van der Waals surface area contributed by atoms with E-state index in [0.717, 1.165) is 29.7 Å². The Kier molecular flexibility index (Phi) is 7.39. The lowest BCUT2D eigenvalue weighted by Gasteiger charge is -2.15. The number of hydrogen-bond acceptors (Lipinski definition) is 1. The molecule has 0 aliphatic rings. The molecule has 0 saturated carbocycles. The van der Waals surface area contributed by atoms with E-state index in [1.165, 1.54) is 29.5 Å². The van der Waals surface area contributed by atoms with E-state index in [0.29, 0.717) is 0 Å². The van der Waals surface area contributed by atoms with Crippen molar-refractivity contribution in [3.8, 4) is 0 Å². The van der Waals surface area contributed by atoms with Gasteiger partial charge in [-0.15, -0.1) is 0 Å². The number of thiocarbonyl (C=S) groups is 1. The Balaban J connectivity index is 2.32. The van der Waals surface area contributed by atoms with Gasteiger partial charge < -0.3 is 0 Å². The molecule has 0 amide bonds. The van der Waals surface area contributed by atoms with Gasteiger partial charge in [-0.2, -0.15) is 0 Å².